The highest BCUT2D eigenvalue weighted by Crippen LogP contribution is 2.37. The molecule has 0 saturated heterocycles. The van der Waals surface area contributed by atoms with Gasteiger partial charge in [0.25, 0.3) is 5.95 Å². The zero-order valence-electron chi connectivity index (χ0n) is 10.7. The fourth-order valence-corrected chi connectivity index (χ4v) is 2.92. The summed E-state index contributed by atoms with van der Waals surface area (Å²) in [6.45, 7) is 0. The molecule has 7 heteroatoms. The number of hydrogen-bond donors (Lipinski definition) is 1. The summed E-state index contributed by atoms with van der Waals surface area (Å²) >= 11 is 6.18. The molecular weight excluding hydrogens is 280 g/mol. The minimum atomic E-state index is -1.06. The Hall–Kier alpha value is -1.95. The summed E-state index contributed by atoms with van der Waals surface area (Å²) in [6.07, 6.45) is 7.21. The van der Waals surface area contributed by atoms with E-state index in [1.165, 1.54) is 4.68 Å². The molecule has 20 heavy (non-hydrogen) atoms. The van der Waals surface area contributed by atoms with E-state index in [-0.39, 0.29) is 22.6 Å². The van der Waals surface area contributed by atoms with E-state index in [1.807, 2.05) is 0 Å². The summed E-state index contributed by atoms with van der Waals surface area (Å²) in [4.78, 5) is 19.6. The van der Waals surface area contributed by atoms with Gasteiger partial charge in [0.1, 0.15) is 5.56 Å². The number of carbonyl (C=O) groups is 1. The molecule has 0 amide bonds. The Morgan fingerprint density at radius 1 is 1.30 bits per heavy atom. The zero-order valence-corrected chi connectivity index (χ0v) is 11.4. The number of carboxylic acid groups (broad SMARTS) is 1. The first-order chi connectivity index (χ1) is 9.68. The molecule has 1 fully saturated rings. The largest absolute Gasteiger partial charge is 0.478 e. The minimum absolute atomic E-state index is 0.0607. The number of aromatic nitrogens is 4. The summed E-state index contributed by atoms with van der Waals surface area (Å²) in [5.41, 5.74) is 0.624. The Balaban J connectivity index is 2.13. The van der Waals surface area contributed by atoms with Crippen molar-refractivity contribution in [3.63, 3.8) is 0 Å². The number of hydrogen-bond acceptors (Lipinski definition) is 4. The lowest BCUT2D eigenvalue weighted by Crippen LogP contribution is -2.04. The lowest BCUT2D eigenvalue weighted by Gasteiger charge is -2.05. The Morgan fingerprint density at radius 2 is 1.95 bits per heavy atom. The lowest BCUT2D eigenvalue weighted by atomic mass is 10.0. The Morgan fingerprint density at radius 3 is 2.55 bits per heavy atom. The fraction of sp³-hybridized carbons (Fsp3) is 0.385. The summed E-state index contributed by atoms with van der Waals surface area (Å²) in [5.74, 6) is -0.619. The molecule has 104 valence electrons. The van der Waals surface area contributed by atoms with Crippen molar-refractivity contribution < 1.29 is 9.90 Å². The van der Waals surface area contributed by atoms with Crippen LogP contribution < -0.4 is 0 Å². The summed E-state index contributed by atoms with van der Waals surface area (Å²) in [5, 5.41) is 13.8. The smallest absolute Gasteiger partial charge is 0.340 e. The Bertz CT molecular complexity index is 635. The van der Waals surface area contributed by atoms with Crippen molar-refractivity contribution in [3.05, 3.63) is 34.9 Å². The maximum Gasteiger partial charge on any atom is 0.340 e. The lowest BCUT2D eigenvalue weighted by molar-refractivity contribution is 0.0695. The van der Waals surface area contributed by atoms with Gasteiger partial charge < -0.3 is 5.11 Å². The van der Waals surface area contributed by atoms with E-state index in [0.29, 0.717) is 5.69 Å². The molecule has 1 saturated carbocycles. The molecule has 1 N–H and O–H groups in total. The first-order valence-corrected chi connectivity index (χ1v) is 6.85. The van der Waals surface area contributed by atoms with E-state index in [4.69, 9.17) is 11.6 Å². The topological polar surface area (TPSA) is 80.9 Å². The number of carboxylic acids is 1. The van der Waals surface area contributed by atoms with E-state index < -0.39 is 5.97 Å². The molecule has 0 unspecified atom stereocenters. The minimum Gasteiger partial charge on any atom is -0.478 e. The number of halogens is 1. The predicted molar refractivity (Wildman–Crippen MR) is 72.3 cm³/mol. The van der Waals surface area contributed by atoms with E-state index in [2.05, 4.69) is 15.1 Å². The van der Waals surface area contributed by atoms with Gasteiger partial charge in [0.05, 0.1) is 5.69 Å². The number of nitrogens with zero attached hydrogens (tertiary/aromatic N) is 4. The molecule has 3 rings (SSSR count). The standard InChI is InChI=1S/C13H13ClN4O2/c14-11-9(12(19)20)10(8-4-1-2-5-8)17-18(11)13-15-6-3-7-16-13/h3,6-8H,1-2,4-5H2,(H,19,20). The quantitative estimate of drug-likeness (QED) is 0.940. The zero-order chi connectivity index (χ0) is 14.1. The fourth-order valence-electron chi connectivity index (χ4n) is 2.63. The van der Waals surface area contributed by atoms with Crippen molar-refractivity contribution in [3.8, 4) is 5.95 Å². The van der Waals surface area contributed by atoms with Crippen LogP contribution in [0, 0.1) is 0 Å². The molecule has 1 aliphatic rings. The molecule has 0 bridgehead atoms. The SMILES string of the molecule is O=C(O)c1c(C2CCCC2)nn(-c2ncccn2)c1Cl. The van der Waals surface area contributed by atoms with Crippen LogP contribution in [0.1, 0.15) is 47.7 Å². The van der Waals surface area contributed by atoms with Gasteiger partial charge in [-0.15, -0.1) is 0 Å². The van der Waals surface area contributed by atoms with Gasteiger partial charge >= 0.3 is 5.97 Å². The molecule has 2 heterocycles. The first-order valence-electron chi connectivity index (χ1n) is 6.47. The molecule has 0 aliphatic heterocycles. The highest BCUT2D eigenvalue weighted by Gasteiger charge is 2.30. The monoisotopic (exact) mass is 292 g/mol. The van der Waals surface area contributed by atoms with E-state index in [0.717, 1.165) is 25.7 Å². The molecule has 1 aliphatic carbocycles. The Kier molecular flexibility index (Phi) is 3.40. The van der Waals surface area contributed by atoms with Crippen LogP contribution in [-0.2, 0) is 0 Å². The van der Waals surface area contributed by atoms with Crippen molar-refractivity contribution in [1.82, 2.24) is 19.7 Å². The van der Waals surface area contributed by atoms with Crippen LogP contribution in [0.2, 0.25) is 5.15 Å². The van der Waals surface area contributed by atoms with Crippen LogP contribution in [0.25, 0.3) is 5.95 Å². The first kappa shape index (κ1) is 13.1. The molecule has 0 atom stereocenters. The van der Waals surface area contributed by atoms with Crippen molar-refractivity contribution in [1.29, 1.82) is 0 Å². The summed E-state index contributed by atoms with van der Waals surface area (Å²) in [7, 11) is 0. The van der Waals surface area contributed by atoms with Gasteiger partial charge in [-0.3, -0.25) is 0 Å². The van der Waals surface area contributed by atoms with Crippen LogP contribution >= 0.6 is 11.6 Å². The summed E-state index contributed by atoms with van der Waals surface area (Å²) in [6, 6.07) is 1.68. The predicted octanol–water partition coefficient (Wildman–Crippen LogP) is 2.67. The maximum absolute atomic E-state index is 11.5. The third-order valence-corrected chi connectivity index (χ3v) is 3.90. The molecular formula is C13H13ClN4O2. The van der Waals surface area contributed by atoms with E-state index in [9.17, 15) is 9.90 Å². The molecule has 6 nitrogen and oxygen atoms in total. The second kappa shape index (κ2) is 5.20. The molecule has 0 aromatic carbocycles. The van der Waals surface area contributed by atoms with Crippen LogP contribution in [0.4, 0.5) is 0 Å². The van der Waals surface area contributed by atoms with Crippen LogP contribution in [-0.4, -0.2) is 30.8 Å². The van der Waals surface area contributed by atoms with Gasteiger partial charge in [0.15, 0.2) is 5.15 Å². The third kappa shape index (κ3) is 2.16. The van der Waals surface area contributed by atoms with Crippen LogP contribution in [0.15, 0.2) is 18.5 Å². The second-order valence-electron chi connectivity index (χ2n) is 4.80. The molecule has 0 spiro atoms. The van der Waals surface area contributed by atoms with Gasteiger partial charge in [0.2, 0.25) is 0 Å². The highest BCUT2D eigenvalue weighted by molar-refractivity contribution is 6.32. The normalized spacial score (nSPS) is 15.7. The number of aromatic carboxylic acids is 1. The second-order valence-corrected chi connectivity index (χ2v) is 5.16. The van der Waals surface area contributed by atoms with Gasteiger partial charge in [-0.05, 0) is 18.9 Å². The van der Waals surface area contributed by atoms with Gasteiger partial charge in [-0.2, -0.15) is 9.78 Å². The van der Waals surface area contributed by atoms with Crippen molar-refractivity contribution >= 4 is 17.6 Å². The Labute approximate surface area is 120 Å². The van der Waals surface area contributed by atoms with E-state index >= 15 is 0 Å². The maximum atomic E-state index is 11.5. The van der Waals surface area contributed by atoms with Crippen molar-refractivity contribution in [2.45, 2.75) is 31.6 Å². The van der Waals surface area contributed by atoms with Gasteiger partial charge in [0, 0.05) is 18.3 Å². The van der Waals surface area contributed by atoms with Crippen LogP contribution in [0.3, 0.4) is 0 Å². The highest BCUT2D eigenvalue weighted by atomic mass is 35.5. The molecule has 2 aromatic heterocycles. The average Bonchev–Trinajstić information content (AvgIpc) is 3.06. The van der Waals surface area contributed by atoms with Gasteiger partial charge in [-0.1, -0.05) is 24.4 Å². The average molecular weight is 293 g/mol. The summed E-state index contributed by atoms with van der Waals surface area (Å²) < 4.78 is 1.30. The van der Waals surface area contributed by atoms with E-state index in [1.54, 1.807) is 18.5 Å². The third-order valence-electron chi connectivity index (χ3n) is 3.55. The van der Waals surface area contributed by atoms with Gasteiger partial charge in [-0.25, -0.2) is 14.8 Å². The van der Waals surface area contributed by atoms with Crippen molar-refractivity contribution in [2.75, 3.05) is 0 Å². The van der Waals surface area contributed by atoms with Crippen LogP contribution in [0.5, 0.6) is 0 Å². The van der Waals surface area contributed by atoms with Crippen molar-refractivity contribution in [2.24, 2.45) is 0 Å². The molecule has 0 radical (unpaired) electrons. The number of rotatable bonds is 3. The molecule has 2 aromatic rings.